The smallest absolute Gasteiger partial charge is 0.243 e. The van der Waals surface area contributed by atoms with Gasteiger partial charge in [-0.2, -0.15) is 0 Å². The molecule has 0 radical (unpaired) electrons. The summed E-state index contributed by atoms with van der Waals surface area (Å²) in [6.07, 6.45) is 3.27. The number of nitrogens with zero attached hydrogens (tertiary/aromatic N) is 2. The van der Waals surface area contributed by atoms with Crippen LogP contribution in [0.4, 0.5) is 0 Å². The van der Waals surface area contributed by atoms with E-state index in [0.717, 1.165) is 24.8 Å². The minimum Gasteiger partial charge on any atom is -0.350 e. The van der Waals surface area contributed by atoms with Gasteiger partial charge in [0, 0.05) is 37.5 Å². The number of amides is 3. The van der Waals surface area contributed by atoms with Crippen molar-refractivity contribution < 1.29 is 14.4 Å². The number of benzene rings is 1. The normalized spacial score (nSPS) is 20.8. The third-order valence-electron chi connectivity index (χ3n) is 6.48. The third kappa shape index (κ3) is 4.80. The molecule has 0 spiro atoms. The van der Waals surface area contributed by atoms with Gasteiger partial charge in [0.2, 0.25) is 17.7 Å². The van der Waals surface area contributed by atoms with Gasteiger partial charge in [0.25, 0.3) is 0 Å². The Morgan fingerprint density at radius 2 is 1.76 bits per heavy atom. The van der Waals surface area contributed by atoms with E-state index in [4.69, 9.17) is 0 Å². The zero-order valence-corrected chi connectivity index (χ0v) is 17.8. The van der Waals surface area contributed by atoms with E-state index in [9.17, 15) is 14.4 Å². The van der Waals surface area contributed by atoms with Crippen molar-refractivity contribution in [3.05, 3.63) is 35.9 Å². The molecule has 1 aromatic rings. The van der Waals surface area contributed by atoms with Gasteiger partial charge in [-0.1, -0.05) is 51.1 Å². The molecule has 6 nitrogen and oxygen atoms in total. The molecule has 1 atom stereocenters. The molecule has 2 fully saturated rings. The summed E-state index contributed by atoms with van der Waals surface area (Å²) >= 11 is 0. The van der Waals surface area contributed by atoms with Crippen molar-refractivity contribution in [2.24, 2.45) is 5.41 Å². The molecule has 0 aliphatic carbocycles. The number of hydrogen-bond acceptors (Lipinski definition) is 3. The molecule has 2 heterocycles. The van der Waals surface area contributed by atoms with Gasteiger partial charge in [-0.15, -0.1) is 0 Å². The highest BCUT2D eigenvalue weighted by molar-refractivity contribution is 5.91. The number of piperidine rings is 1. The first-order valence-corrected chi connectivity index (χ1v) is 10.8. The molecule has 3 rings (SSSR count). The van der Waals surface area contributed by atoms with Crippen LogP contribution in [0.5, 0.6) is 0 Å². The van der Waals surface area contributed by atoms with Gasteiger partial charge in [-0.3, -0.25) is 14.4 Å². The van der Waals surface area contributed by atoms with Crippen LogP contribution in [0.25, 0.3) is 0 Å². The van der Waals surface area contributed by atoms with Crippen LogP contribution in [-0.2, 0) is 20.9 Å². The predicted molar refractivity (Wildman–Crippen MR) is 112 cm³/mol. The average molecular weight is 400 g/mol. The van der Waals surface area contributed by atoms with Crippen molar-refractivity contribution in [3.63, 3.8) is 0 Å². The van der Waals surface area contributed by atoms with E-state index in [1.807, 2.05) is 56.0 Å². The van der Waals surface area contributed by atoms with Crippen LogP contribution < -0.4 is 5.32 Å². The highest BCUT2D eigenvalue weighted by Crippen LogP contribution is 2.30. The van der Waals surface area contributed by atoms with Gasteiger partial charge in [-0.25, -0.2) is 0 Å². The molecule has 2 aliphatic rings. The average Bonchev–Trinajstić information content (AvgIpc) is 3.13. The van der Waals surface area contributed by atoms with E-state index in [0.29, 0.717) is 32.5 Å². The fourth-order valence-electron chi connectivity index (χ4n) is 4.25. The first-order valence-electron chi connectivity index (χ1n) is 10.8. The summed E-state index contributed by atoms with van der Waals surface area (Å²) in [6.45, 7) is 7.77. The second-order valence-corrected chi connectivity index (χ2v) is 8.82. The Kier molecular flexibility index (Phi) is 6.60. The minimum atomic E-state index is -0.398. The maximum Gasteiger partial charge on any atom is 0.243 e. The molecule has 1 unspecified atom stereocenters. The molecule has 3 amide bonds. The Morgan fingerprint density at radius 3 is 2.38 bits per heavy atom. The zero-order chi connectivity index (χ0) is 21.0. The second-order valence-electron chi connectivity index (χ2n) is 8.82. The Hall–Kier alpha value is -2.37. The summed E-state index contributed by atoms with van der Waals surface area (Å²) in [5.74, 6) is 0.164. The molecule has 0 saturated carbocycles. The molecule has 1 aromatic carbocycles. The number of carbonyl (C=O) groups is 3. The van der Waals surface area contributed by atoms with Crippen molar-refractivity contribution in [1.29, 1.82) is 0 Å². The van der Waals surface area contributed by atoms with E-state index >= 15 is 0 Å². The van der Waals surface area contributed by atoms with Crippen LogP contribution in [0, 0.1) is 5.41 Å². The van der Waals surface area contributed by atoms with Gasteiger partial charge in [0.1, 0.15) is 6.04 Å². The Balaban J connectivity index is 1.58. The minimum absolute atomic E-state index is 0.0336. The van der Waals surface area contributed by atoms with Gasteiger partial charge in [0.05, 0.1) is 0 Å². The highest BCUT2D eigenvalue weighted by Gasteiger charge is 2.42. The monoisotopic (exact) mass is 399 g/mol. The number of rotatable bonds is 6. The molecule has 2 saturated heterocycles. The second kappa shape index (κ2) is 8.97. The molecule has 0 bridgehead atoms. The fraction of sp³-hybridized carbons (Fsp3) is 0.609. The van der Waals surface area contributed by atoms with E-state index in [1.54, 1.807) is 4.90 Å². The van der Waals surface area contributed by atoms with Crippen LogP contribution in [0.15, 0.2) is 30.3 Å². The van der Waals surface area contributed by atoms with Crippen LogP contribution in [0.2, 0.25) is 0 Å². The lowest BCUT2D eigenvalue weighted by atomic mass is 9.87. The van der Waals surface area contributed by atoms with Crippen molar-refractivity contribution in [3.8, 4) is 0 Å². The Morgan fingerprint density at radius 1 is 1.10 bits per heavy atom. The van der Waals surface area contributed by atoms with Gasteiger partial charge < -0.3 is 15.1 Å². The maximum atomic E-state index is 12.8. The first kappa shape index (κ1) is 21.3. The molecule has 158 valence electrons. The molecule has 6 heteroatoms. The highest BCUT2D eigenvalue weighted by atomic mass is 16.2. The summed E-state index contributed by atoms with van der Waals surface area (Å²) < 4.78 is 0. The number of hydrogen-bond donors (Lipinski definition) is 1. The summed E-state index contributed by atoms with van der Waals surface area (Å²) in [4.78, 5) is 41.8. The van der Waals surface area contributed by atoms with Gasteiger partial charge in [-0.05, 0) is 31.2 Å². The van der Waals surface area contributed by atoms with Crippen molar-refractivity contribution in [2.75, 3.05) is 13.1 Å². The quantitative estimate of drug-likeness (QED) is 0.800. The molecular weight excluding hydrogens is 366 g/mol. The predicted octanol–water partition coefficient (Wildman–Crippen LogP) is 2.72. The van der Waals surface area contributed by atoms with Crippen LogP contribution in [0.1, 0.15) is 58.4 Å². The molecule has 0 aromatic heterocycles. The Labute approximate surface area is 173 Å². The first-order chi connectivity index (χ1) is 13.8. The number of nitrogens with one attached hydrogen (secondary N) is 1. The van der Waals surface area contributed by atoms with E-state index in [1.165, 1.54) is 0 Å². The summed E-state index contributed by atoms with van der Waals surface area (Å²) in [7, 11) is 0. The van der Waals surface area contributed by atoms with Gasteiger partial charge in [0.15, 0.2) is 0 Å². The summed E-state index contributed by atoms with van der Waals surface area (Å²) in [6, 6.07) is 9.42. The lowest BCUT2D eigenvalue weighted by molar-refractivity contribution is -0.144. The van der Waals surface area contributed by atoms with Crippen molar-refractivity contribution >= 4 is 17.7 Å². The van der Waals surface area contributed by atoms with Crippen molar-refractivity contribution in [1.82, 2.24) is 15.1 Å². The lowest BCUT2D eigenvalue weighted by Gasteiger charge is -2.41. The molecule has 2 aliphatic heterocycles. The summed E-state index contributed by atoms with van der Waals surface area (Å²) in [5.41, 5.74) is 0.693. The largest absolute Gasteiger partial charge is 0.350 e. The Bertz CT molecular complexity index is 739. The van der Waals surface area contributed by atoms with E-state index in [2.05, 4.69) is 5.32 Å². The standard InChI is InChI=1S/C23H33N3O3/c1-4-23(2,3)22(29)25-14-12-18(13-15-25)26-19(10-11-20(26)27)21(28)24-16-17-8-6-5-7-9-17/h5-9,18-19H,4,10-16H2,1-3H3,(H,24,28). The molecule has 29 heavy (non-hydrogen) atoms. The van der Waals surface area contributed by atoms with Crippen LogP contribution >= 0.6 is 0 Å². The summed E-state index contributed by atoms with van der Waals surface area (Å²) in [5, 5.41) is 2.99. The van der Waals surface area contributed by atoms with Gasteiger partial charge >= 0.3 is 0 Å². The van der Waals surface area contributed by atoms with E-state index in [-0.39, 0.29) is 29.2 Å². The topological polar surface area (TPSA) is 69.7 Å². The van der Waals surface area contributed by atoms with Crippen LogP contribution in [-0.4, -0.2) is 52.7 Å². The maximum absolute atomic E-state index is 12.8. The molecular formula is C23H33N3O3. The fourth-order valence-corrected chi connectivity index (χ4v) is 4.25. The lowest BCUT2D eigenvalue weighted by Crippen LogP contribution is -2.54. The van der Waals surface area contributed by atoms with Crippen molar-refractivity contribution in [2.45, 2.75) is 71.5 Å². The SMILES string of the molecule is CCC(C)(C)C(=O)N1CCC(N2C(=O)CCC2C(=O)NCc2ccccc2)CC1. The third-order valence-corrected chi connectivity index (χ3v) is 6.48. The van der Waals surface area contributed by atoms with E-state index < -0.39 is 6.04 Å². The number of carbonyl (C=O) groups excluding carboxylic acids is 3. The molecule has 1 N–H and O–H groups in total. The van der Waals surface area contributed by atoms with Crippen LogP contribution in [0.3, 0.4) is 0 Å². The zero-order valence-electron chi connectivity index (χ0n) is 17.8. The number of likely N-dealkylation sites (tertiary alicyclic amines) is 2.